The van der Waals surface area contributed by atoms with Gasteiger partial charge < -0.3 is 14.6 Å². The first kappa shape index (κ1) is 22.0. The minimum absolute atomic E-state index is 0.170. The van der Waals surface area contributed by atoms with Crippen molar-refractivity contribution in [2.75, 3.05) is 11.5 Å². The standard InChI is InChI=1S/C19H14BrF5O3S2/c20-12-8-10(2-4-13(12)21)16(26)17(29-6-1-7-30-17)11-3-5-14-15(9-11)28-19(24,25)18(22,23)27-14/h2-5,8-9,16,26H,1,6-7H2. The van der Waals surface area contributed by atoms with Gasteiger partial charge in [-0.25, -0.2) is 4.39 Å². The normalized spacial score (nSPS) is 22.4. The van der Waals surface area contributed by atoms with Crippen molar-refractivity contribution < 1.29 is 36.5 Å². The van der Waals surface area contributed by atoms with Crippen molar-refractivity contribution in [2.45, 2.75) is 28.8 Å². The Morgan fingerprint density at radius 1 is 0.933 bits per heavy atom. The molecule has 0 spiro atoms. The van der Waals surface area contributed by atoms with Crippen molar-refractivity contribution in [3.05, 3.63) is 57.8 Å². The molecule has 2 heterocycles. The van der Waals surface area contributed by atoms with E-state index in [0.29, 0.717) is 22.6 Å². The summed E-state index contributed by atoms with van der Waals surface area (Å²) < 4.78 is 75.3. The summed E-state index contributed by atoms with van der Waals surface area (Å²) in [4.78, 5) is 0. The highest BCUT2D eigenvalue weighted by Gasteiger charge is 2.66. The number of alkyl halides is 4. The molecule has 11 heteroatoms. The number of thioether (sulfide) groups is 2. The molecular formula is C19H14BrF5O3S2. The predicted octanol–water partition coefficient (Wildman–Crippen LogP) is 6.30. The number of hydrogen-bond donors (Lipinski definition) is 1. The minimum atomic E-state index is -4.83. The van der Waals surface area contributed by atoms with Crippen LogP contribution in [0.1, 0.15) is 23.7 Å². The van der Waals surface area contributed by atoms with Gasteiger partial charge in [0.05, 0.1) is 4.47 Å². The van der Waals surface area contributed by atoms with E-state index in [1.807, 2.05) is 0 Å². The lowest BCUT2D eigenvalue weighted by Gasteiger charge is -2.41. The number of fused-ring (bicyclic) bond motifs is 1. The van der Waals surface area contributed by atoms with Crippen molar-refractivity contribution in [3.63, 3.8) is 0 Å². The molecule has 3 nitrogen and oxygen atoms in total. The summed E-state index contributed by atoms with van der Waals surface area (Å²) in [5.74, 6) is -0.201. The fourth-order valence-corrected chi connectivity index (χ4v) is 6.99. The number of benzene rings is 2. The van der Waals surface area contributed by atoms with E-state index in [1.54, 1.807) is 0 Å². The molecule has 1 N–H and O–H groups in total. The van der Waals surface area contributed by atoms with Crippen molar-refractivity contribution in [2.24, 2.45) is 0 Å². The van der Waals surface area contributed by atoms with Gasteiger partial charge in [-0.05, 0) is 69.2 Å². The SMILES string of the molecule is OC(c1ccc(F)c(Br)c1)C1(c2ccc3c(c2)OC(F)(F)C(F)(F)O3)SCCCS1. The third kappa shape index (κ3) is 3.67. The summed E-state index contributed by atoms with van der Waals surface area (Å²) in [6.07, 6.45) is -9.91. The Morgan fingerprint density at radius 3 is 2.20 bits per heavy atom. The second-order valence-electron chi connectivity index (χ2n) is 6.69. The summed E-state index contributed by atoms with van der Waals surface area (Å²) in [6, 6.07) is 7.85. The van der Waals surface area contributed by atoms with E-state index in [-0.39, 0.29) is 4.47 Å². The Morgan fingerprint density at radius 2 is 1.57 bits per heavy atom. The van der Waals surface area contributed by atoms with Crippen molar-refractivity contribution in [1.82, 2.24) is 0 Å². The molecule has 0 bridgehead atoms. The van der Waals surface area contributed by atoms with Gasteiger partial charge in [0.1, 0.15) is 16.0 Å². The summed E-state index contributed by atoms with van der Waals surface area (Å²) in [5, 5.41) is 11.2. The first-order valence-electron chi connectivity index (χ1n) is 8.75. The zero-order valence-corrected chi connectivity index (χ0v) is 18.2. The van der Waals surface area contributed by atoms with Crippen LogP contribution in [0.3, 0.4) is 0 Å². The van der Waals surface area contributed by atoms with E-state index < -0.39 is 39.7 Å². The Balaban J connectivity index is 1.77. The van der Waals surface area contributed by atoms with Crippen LogP contribution >= 0.6 is 39.5 Å². The largest absolute Gasteiger partial charge is 0.507 e. The fourth-order valence-electron chi connectivity index (χ4n) is 3.22. The van der Waals surface area contributed by atoms with E-state index in [2.05, 4.69) is 25.4 Å². The van der Waals surface area contributed by atoms with Gasteiger partial charge in [0.25, 0.3) is 0 Å². The van der Waals surface area contributed by atoms with Gasteiger partial charge >= 0.3 is 12.2 Å². The quantitative estimate of drug-likeness (QED) is 0.473. The molecule has 1 atom stereocenters. The number of rotatable bonds is 3. The molecule has 2 aliphatic rings. The average molecular weight is 529 g/mol. The highest BCUT2D eigenvalue weighted by Crippen LogP contribution is 2.59. The molecule has 1 saturated heterocycles. The highest BCUT2D eigenvalue weighted by atomic mass is 79.9. The average Bonchev–Trinajstić information content (AvgIpc) is 2.70. The summed E-state index contributed by atoms with van der Waals surface area (Å²) >= 11 is 5.89. The zero-order chi connectivity index (χ0) is 21.7. The van der Waals surface area contributed by atoms with Crippen LogP contribution < -0.4 is 9.47 Å². The van der Waals surface area contributed by atoms with Gasteiger partial charge in [0.2, 0.25) is 0 Å². The molecule has 0 aliphatic carbocycles. The number of aliphatic hydroxyl groups excluding tert-OH is 1. The molecule has 2 aliphatic heterocycles. The number of halogens is 6. The van der Waals surface area contributed by atoms with E-state index >= 15 is 0 Å². The van der Waals surface area contributed by atoms with Crippen LogP contribution in [0.2, 0.25) is 0 Å². The predicted molar refractivity (Wildman–Crippen MR) is 108 cm³/mol. The molecule has 0 saturated carbocycles. The van der Waals surface area contributed by atoms with Crippen LogP contribution in [-0.4, -0.2) is 28.8 Å². The first-order valence-corrected chi connectivity index (χ1v) is 11.5. The van der Waals surface area contributed by atoms with E-state index in [0.717, 1.165) is 12.5 Å². The first-order chi connectivity index (χ1) is 14.1. The maximum Gasteiger partial charge on any atom is 0.507 e. The topological polar surface area (TPSA) is 38.7 Å². The Labute approximate surface area is 185 Å². The molecule has 0 amide bonds. The zero-order valence-electron chi connectivity index (χ0n) is 15.0. The van der Waals surface area contributed by atoms with Crippen LogP contribution in [0.5, 0.6) is 11.5 Å². The van der Waals surface area contributed by atoms with E-state index in [9.17, 15) is 27.1 Å². The van der Waals surface area contributed by atoms with Gasteiger partial charge in [0.15, 0.2) is 11.5 Å². The Bertz CT molecular complexity index is 969. The molecule has 4 rings (SSSR count). The van der Waals surface area contributed by atoms with Gasteiger partial charge in [-0.2, -0.15) is 17.6 Å². The van der Waals surface area contributed by atoms with Crippen LogP contribution in [0.25, 0.3) is 0 Å². The molecule has 0 aromatic heterocycles. The minimum Gasteiger partial charge on any atom is -0.421 e. The second kappa shape index (κ2) is 7.75. The summed E-state index contributed by atoms with van der Waals surface area (Å²) in [5.41, 5.74) is 0.811. The second-order valence-corrected chi connectivity index (χ2v) is 10.5. The van der Waals surface area contributed by atoms with E-state index in [4.69, 9.17) is 0 Å². The molecule has 2 aromatic carbocycles. The number of ether oxygens (including phenoxy) is 2. The highest BCUT2D eigenvalue weighted by molar-refractivity contribution is 9.10. The van der Waals surface area contributed by atoms with Crippen molar-refractivity contribution in [1.29, 1.82) is 0 Å². The molecule has 2 aromatic rings. The number of hydrogen-bond acceptors (Lipinski definition) is 5. The molecular weight excluding hydrogens is 515 g/mol. The molecule has 1 unspecified atom stereocenters. The van der Waals surface area contributed by atoms with Gasteiger partial charge in [-0.3, -0.25) is 0 Å². The smallest absolute Gasteiger partial charge is 0.421 e. The maximum atomic E-state index is 13.6. The third-order valence-corrected chi connectivity index (χ3v) is 8.78. The Kier molecular flexibility index (Phi) is 5.70. The maximum absolute atomic E-state index is 13.6. The Hall–Kier alpha value is -1.17. The van der Waals surface area contributed by atoms with Gasteiger partial charge in [-0.15, -0.1) is 23.5 Å². The third-order valence-electron chi connectivity index (χ3n) is 4.70. The van der Waals surface area contributed by atoms with Crippen molar-refractivity contribution in [3.8, 4) is 11.5 Å². The van der Waals surface area contributed by atoms with Crippen LogP contribution in [-0.2, 0) is 4.08 Å². The molecule has 162 valence electrons. The molecule has 1 fully saturated rings. The van der Waals surface area contributed by atoms with Crippen molar-refractivity contribution >= 4 is 39.5 Å². The molecule has 0 radical (unpaired) electrons. The fraction of sp³-hybridized carbons (Fsp3) is 0.368. The monoisotopic (exact) mass is 528 g/mol. The van der Waals surface area contributed by atoms with Gasteiger partial charge in [0, 0.05) is 0 Å². The van der Waals surface area contributed by atoms with Crippen LogP contribution in [0, 0.1) is 5.82 Å². The van der Waals surface area contributed by atoms with E-state index in [1.165, 1.54) is 53.9 Å². The lowest BCUT2D eigenvalue weighted by Crippen LogP contribution is -2.52. The lowest BCUT2D eigenvalue weighted by atomic mass is 9.99. The summed E-state index contributed by atoms with van der Waals surface area (Å²) in [6.45, 7) is 0. The van der Waals surface area contributed by atoms with Crippen LogP contribution in [0.15, 0.2) is 40.9 Å². The summed E-state index contributed by atoms with van der Waals surface area (Å²) in [7, 11) is 0. The number of aliphatic hydroxyl groups is 1. The van der Waals surface area contributed by atoms with Crippen LogP contribution in [0.4, 0.5) is 22.0 Å². The molecule has 30 heavy (non-hydrogen) atoms. The van der Waals surface area contributed by atoms with Gasteiger partial charge in [-0.1, -0.05) is 12.1 Å². The lowest BCUT2D eigenvalue weighted by molar-refractivity contribution is -0.391.